The fourth-order valence-electron chi connectivity index (χ4n) is 4.25. The van der Waals surface area contributed by atoms with Gasteiger partial charge in [-0.3, -0.25) is 9.89 Å². The molecule has 0 radical (unpaired) electrons. The van der Waals surface area contributed by atoms with Crippen LogP contribution in [0.1, 0.15) is 51.6 Å². The lowest BCUT2D eigenvalue weighted by atomic mass is 10.1. The molecule has 0 bridgehead atoms. The van der Waals surface area contributed by atoms with Crippen molar-refractivity contribution < 1.29 is 9.53 Å². The van der Waals surface area contributed by atoms with Crippen molar-refractivity contribution >= 4 is 36.0 Å². The molecular formula is C23H38IN5O2. The normalized spacial score (nSPS) is 20.8. The molecule has 3 rings (SSSR count). The summed E-state index contributed by atoms with van der Waals surface area (Å²) in [7, 11) is 1.82. The number of hydrogen-bond acceptors (Lipinski definition) is 4. The summed E-state index contributed by atoms with van der Waals surface area (Å²) in [6, 6.07) is 10.4. The Hall–Kier alpha value is -1.55. The molecular weight excluding hydrogens is 505 g/mol. The van der Waals surface area contributed by atoms with Crippen LogP contribution < -0.4 is 10.6 Å². The van der Waals surface area contributed by atoms with Gasteiger partial charge in [0, 0.05) is 32.7 Å². The van der Waals surface area contributed by atoms with Crippen molar-refractivity contribution in [3.8, 4) is 0 Å². The lowest BCUT2D eigenvalue weighted by Gasteiger charge is -2.27. The second kappa shape index (κ2) is 11.9. The van der Waals surface area contributed by atoms with Crippen molar-refractivity contribution in [1.29, 1.82) is 0 Å². The minimum absolute atomic E-state index is 0. The van der Waals surface area contributed by atoms with Gasteiger partial charge in [0.1, 0.15) is 5.60 Å². The predicted molar refractivity (Wildman–Crippen MR) is 136 cm³/mol. The van der Waals surface area contributed by atoms with Gasteiger partial charge in [0.15, 0.2) is 5.96 Å². The van der Waals surface area contributed by atoms with Crippen LogP contribution in [0.2, 0.25) is 0 Å². The molecule has 2 aliphatic rings. The van der Waals surface area contributed by atoms with Crippen LogP contribution in [-0.4, -0.2) is 73.3 Å². The molecule has 31 heavy (non-hydrogen) atoms. The summed E-state index contributed by atoms with van der Waals surface area (Å²) >= 11 is 0. The Labute approximate surface area is 204 Å². The van der Waals surface area contributed by atoms with Gasteiger partial charge in [-0.1, -0.05) is 30.3 Å². The number of rotatable bonds is 5. The number of amides is 1. The van der Waals surface area contributed by atoms with E-state index >= 15 is 0 Å². The molecule has 2 N–H and O–H groups in total. The van der Waals surface area contributed by atoms with E-state index in [0.717, 1.165) is 24.6 Å². The molecule has 0 saturated carbocycles. The molecule has 2 aliphatic heterocycles. The number of nitrogens with one attached hydrogen (secondary N) is 2. The highest BCUT2D eigenvalue weighted by Gasteiger charge is 2.31. The average molecular weight is 543 g/mol. The van der Waals surface area contributed by atoms with E-state index in [-0.39, 0.29) is 30.0 Å². The van der Waals surface area contributed by atoms with Crippen molar-refractivity contribution in [2.45, 2.75) is 57.7 Å². The molecule has 174 valence electrons. The highest BCUT2D eigenvalue weighted by Crippen LogP contribution is 2.21. The maximum absolute atomic E-state index is 12.4. The number of carbonyl (C=O) groups is 1. The Morgan fingerprint density at radius 3 is 2.48 bits per heavy atom. The van der Waals surface area contributed by atoms with Gasteiger partial charge in [0.2, 0.25) is 0 Å². The predicted octanol–water partition coefficient (Wildman–Crippen LogP) is 3.62. The van der Waals surface area contributed by atoms with Gasteiger partial charge in [0.25, 0.3) is 0 Å². The number of benzene rings is 1. The molecule has 0 aliphatic carbocycles. The quantitative estimate of drug-likeness (QED) is 0.338. The SMILES string of the molecule is CN=C(NCC(NC(=O)OC(C)(C)C)c1ccccc1)N1CCC(N2CCCC2)C1.I. The Morgan fingerprint density at radius 2 is 1.87 bits per heavy atom. The maximum Gasteiger partial charge on any atom is 0.408 e. The average Bonchev–Trinajstić information content (AvgIpc) is 3.39. The number of ether oxygens (including phenoxy) is 1. The Balaban J connectivity index is 0.00000341. The number of carbonyl (C=O) groups excluding carboxylic acids is 1. The van der Waals surface area contributed by atoms with Gasteiger partial charge in [-0.25, -0.2) is 4.79 Å². The standard InChI is InChI=1S/C23H37N5O2.HI/c1-23(2,3)30-22(29)26-20(18-10-6-5-7-11-18)16-25-21(24-4)28-15-12-19(17-28)27-13-8-9-14-27;/h5-7,10-11,19-20H,8-9,12-17H2,1-4H3,(H,24,25)(H,26,29);1H. The molecule has 1 amide bonds. The topological polar surface area (TPSA) is 69.2 Å². The zero-order valence-electron chi connectivity index (χ0n) is 19.3. The fraction of sp³-hybridized carbons (Fsp3) is 0.652. The third-order valence-electron chi connectivity index (χ3n) is 5.69. The summed E-state index contributed by atoms with van der Waals surface area (Å²) < 4.78 is 5.47. The first-order valence-electron chi connectivity index (χ1n) is 11.1. The van der Waals surface area contributed by atoms with Gasteiger partial charge in [0.05, 0.1) is 6.04 Å². The van der Waals surface area contributed by atoms with E-state index in [9.17, 15) is 4.79 Å². The summed E-state index contributed by atoms with van der Waals surface area (Å²) in [5.74, 6) is 0.892. The van der Waals surface area contributed by atoms with E-state index in [1.54, 1.807) is 0 Å². The lowest BCUT2D eigenvalue weighted by molar-refractivity contribution is 0.0504. The highest BCUT2D eigenvalue weighted by molar-refractivity contribution is 14.0. The Kier molecular flexibility index (Phi) is 9.87. The molecule has 1 aromatic carbocycles. The summed E-state index contributed by atoms with van der Waals surface area (Å²) in [4.78, 5) is 21.8. The second-order valence-electron chi connectivity index (χ2n) is 9.17. The van der Waals surface area contributed by atoms with Crippen LogP contribution >= 0.6 is 24.0 Å². The number of alkyl carbamates (subject to hydrolysis) is 1. The van der Waals surface area contributed by atoms with Crippen LogP contribution in [-0.2, 0) is 4.74 Å². The van der Waals surface area contributed by atoms with E-state index in [1.807, 2.05) is 58.2 Å². The molecule has 2 saturated heterocycles. The fourth-order valence-corrected chi connectivity index (χ4v) is 4.25. The number of nitrogens with zero attached hydrogens (tertiary/aromatic N) is 3. The summed E-state index contributed by atoms with van der Waals surface area (Å²) in [5.41, 5.74) is 0.497. The molecule has 2 atom stereocenters. The third kappa shape index (κ3) is 7.82. The molecule has 2 unspecified atom stereocenters. The van der Waals surface area contributed by atoms with Gasteiger partial charge in [-0.15, -0.1) is 24.0 Å². The zero-order chi connectivity index (χ0) is 21.6. The minimum atomic E-state index is -0.533. The summed E-state index contributed by atoms with van der Waals surface area (Å²) in [6.45, 7) is 10.6. The summed E-state index contributed by atoms with van der Waals surface area (Å²) in [6.07, 6.45) is 3.40. The first-order valence-corrected chi connectivity index (χ1v) is 11.1. The monoisotopic (exact) mass is 543 g/mol. The van der Waals surface area contributed by atoms with E-state index in [2.05, 4.69) is 25.4 Å². The molecule has 8 heteroatoms. The van der Waals surface area contributed by atoms with Gasteiger partial charge >= 0.3 is 6.09 Å². The Bertz CT molecular complexity index is 716. The van der Waals surface area contributed by atoms with Crippen molar-refractivity contribution in [3.05, 3.63) is 35.9 Å². The van der Waals surface area contributed by atoms with Crippen molar-refractivity contribution in [2.24, 2.45) is 4.99 Å². The van der Waals surface area contributed by atoms with E-state index in [4.69, 9.17) is 4.74 Å². The van der Waals surface area contributed by atoms with E-state index in [1.165, 1.54) is 32.4 Å². The van der Waals surface area contributed by atoms with E-state index in [0.29, 0.717) is 12.6 Å². The number of halogens is 1. The molecule has 2 heterocycles. The summed E-state index contributed by atoms with van der Waals surface area (Å²) in [5, 5.41) is 6.48. The highest BCUT2D eigenvalue weighted by atomic mass is 127. The van der Waals surface area contributed by atoms with Crippen molar-refractivity contribution in [2.75, 3.05) is 39.8 Å². The zero-order valence-corrected chi connectivity index (χ0v) is 21.6. The van der Waals surface area contributed by atoms with Crippen molar-refractivity contribution in [1.82, 2.24) is 20.4 Å². The second-order valence-corrected chi connectivity index (χ2v) is 9.17. The van der Waals surface area contributed by atoms with Crippen LogP contribution in [0, 0.1) is 0 Å². The molecule has 2 fully saturated rings. The first kappa shape index (κ1) is 25.7. The third-order valence-corrected chi connectivity index (χ3v) is 5.69. The molecule has 0 aromatic heterocycles. The number of likely N-dealkylation sites (tertiary alicyclic amines) is 2. The smallest absolute Gasteiger partial charge is 0.408 e. The van der Waals surface area contributed by atoms with Gasteiger partial charge < -0.3 is 20.3 Å². The first-order chi connectivity index (χ1) is 14.4. The number of guanidine groups is 1. The number of hydrogen-bond donors (Lipinski definition) is 2. The molecule has 7 nitrogen and oxygen atoms in total. The maximum atomic E-state index is 12.4. The molecule has 0 spiro atoms. The van der Waals surface area contributed by atoms with E-state index < -0.39 is 11.7 Å². The van der Waals surface area contributed by atoms with Crippen LogP contribution in [0.25, 0.3) is 0 Å². The number of aliphatic imine (C=N–C) groups is 1. The van der Waals surface area contributed by atoms with Crippen LogP contribution in [0.4, 0.5) is 4.79 Å². The largest absolute Gasteiger partial charge is 0.444 e. The van der Waals surface area contributed by atoms with Crippen LogP contribution in [0.5, 0.6) is 0 Å². The lowest BCUT2D eigenvalue weighted by Crippen LogP contribution is -2.46. The van der Waals surface area contributed by atoms with Gasteiger partial charge in [-0.2, -0.15) is 0 Å². The molecule has 1 aromatic rings. The van der Waals surface area contributed by atoms with Gasteiger partial charge in [-0.05, 0) is 58.7 Å². The minimum Gasteiger partial charge on any atom is -0.444 e. The Morgan fingerprint density at radius 1 is 1.19 bits per heavy atom. The van der Waals surface area contributed by atoms with Crippen molar-refractivity contribution in [3.63, 3.8) is 0 Å². The van der Waals surface area contributed by atoms with Crippen LogP contribution in [0.3, 0.4) is 0 Å². The van der Waals surface area contributed by atoms with Crippen LogP contribution in [0.15, 0.2) is 35.3 Å².